The minimum Gasteiger partial charge on any atom is -0.364 e. The van der Waals surface area contributed by atoms with Gasteiger partial charge in [-0.3, -0.25) is 4.79 Å². The molecule has 3 rings (SSSR count). The fraction of sp³-hybridized carbons (Fsp3) is 0.118. The van der Waals surface area contributed by atoms with E-state index in [4.69, 9.17) is 5.73 Å². The number of para-hydroxylation sites is 1. The average Bonchev–Trinajstić information content (AvgIpc) is 2.77. The van der Waals surface area contributed by atoms with Crippen LogP contribution >= 0.6 is 0 Å². The second-order valence-electron chi connectivity index (χ2n) is 5.13. The lowest BCUT2D eigenvalue weighted by atomic mass is 10.1. The number of aromatic nitrogens is 1. The molecule has 3 nitrogen and oxygen atoms in total. The van der Waals surface area contributed by atoms with E-state index in [0.717, 1.165) is 27.7 Å². The van der Waals surface area contributed by atoms with Gasteiger partial charge in [-0.1, -0.05) is 24.3 Å². The Balaban J connectivity index is 2.38. The molecule has 1 heterocycles. The number of nitrogens with zero attached hydrogens (tertiary/aromatic N) is 1. The molecule has 3 heteroatoms. The van der Waals surface area contributed by atoms with Gasteiger partial charge in [-0.15, -0.1) is 0 Å². The number of primary amides is 1. The van der Waals surface area contributed by atoms with Gasteiger partial charge in [0.2, 0.25) is 0 Å². The van der Waals surface area contributed by atoms with Gasteiger partial charge < -0.3 is 10.3 Å². The molecule has 0 radical (unpaired) electrons. The van der Waals surface area contributed by atoms with Crippen LogP contribution in [-0.2, 0) is 0 Å². The Morgan fingerprint density at radius 2 is 1.65 bits per heavy atom. The molecule has 20 heavy (non-hydrogen) atoms. The summed E-state index contributed by atoms with van der Waals surface area (Å²) in [4.78, 5) is 11.7. The van der Waals surface area contributed by atoms with Crippen molar-refractivity contribution in [2.75, 3.05) is 0 Å². The number of nitrogens with two attached hydrogens (primary N) is 1. The standard InChI is InChI=1S/C17H16N2O/c1-11-7-12(2)9-14(8-11)19-15-6-4-3-5-13(15)10-16(19)17(18)20/h3-10H,1-2H3,(H2,18,20). The van der Waals surface area contributed by atoms with Gasteiger partial charge in [0.05, 0.1) is 5.52 Å². The summed E-state index contributed by atoms with van der Waals surface area (Å²) in [5, 5.41) is 1.01. The van der Waals surface area contributed by atoms with Gasteiger partial charge in [0, 0.05) is 11.1 Å². The fourth-order valence-corrected chi connectivity index (χ4v) is 2.69. The van der Waals surface area contributed by atoms with Gasteiger partial charge >= 0.3 is 0 Å². The van der Waals surface area contributed by atoms with Crippen molar-refractivity contribution in [1.82, 2.24) is 4.57 Å². The molecule has 1 aromatic heterocycles. The maximum absolute atomic E-state index is 11.7. The van der Waals surface area contributed by atoms with Crippen molar-refractivity contribution in [3.05, 3.63) is 65.4 Å². The van der Waals surface area contributed by atoms with Crippen molar-refractivity contribution in [3.8, 4) is 5.69 Å². The lowest BCUT2D eigenvalue weighted by Gasteiger charge is -2.11. The number of hydrogen-bond acceptors (Lipinski definition) is 1. The lowest BCUT2D eigenvalue weighted by molar-refractivity contribution is 0.0994. The van der Waals surface area contributed by atoms with E-state index in [1.54, 1.807) is 0 Å². The summed E-state index contributed by atoms with van der Waals surface area (Å²) >= 11 is 0. The van der Waals surface area contributed by atoms with Gasteiger partial charge in [-0.05, 0) is 49.2 Å². The molecule has 0 saturated heterocycles. The van der Waals surface area contributed by atoms with Gasteiger partial charge in [0.15, 0.2) is 0 Å². The van der Waals surface area contributed by atoms with Crippen LogP contribution < -0.4 is 5.73 Å². The van der Waals surface area contributed by atoms with E-state index < -0.39 is 5.91 Å². The molecule has 0 spiro atoms. The van der Waals surface area contributed by atoms with E-state index in [9.17, 15) is 4.79 Å². The van der Waals surface area contributed by atoms with Crippen molar-refractivity contribution >= 4 is 16.8 Å². The van der Waals surface area contributed by atoms with Crippen molar-refractivity contribution < 1.29 is 4.79 Å². The fourth-order valence-electron chi connectivity index (χ4n) is 2.69. The third-order valence-electron chi connectivity index (χ3n) is 3.43. The molecular weight excluding hydrogens is 248 g/mol. The third kappa shape index (κ3) is 1.97. The molecule has 100 valence electrons. The summed E-state index contributed by atoms with van der Waals surface area (Å²) in [6.07, 6.45) is 0. The van der Waals surface area contributed by atoms with Crippen LogP contribution in [0.4, 0.5) is 0 Å². The molecule has 3 aromatic rings. The SMILES string of the molecule is Cc1cc(C)cc(-n2c(C(N)=O)cc3ccccc32)c1. The predicted octanol–water partition coefficient (Wildman–Crippen LogP) is 3.35. The van der Waals surface area contributed by atoms with Crippen LogP contribution in [0.15, 0.2) is 48.5 Å². The first kappa shape index (κ1) is 12.5. The molecule has 0 saturated carbocycles. The maximum atomic E-state index is 11.7. The minimum atomic E-state index is -0.416. The van der Waals surface area contributed by atoms with E-state index >= 15 is 0 Å². The number of rotatable bonds is 2. The molecule has 2 N–H and O–H groups in total. The summed E-state index contributed by atoms with van der Waals surface area (Å²) in [5.74, 6) is -0.416. The Hall–Kier alpha value is -2.55. The monoisotopic (exact) mass is 264 g/mol. The highest BCUT2D eigenvalue weighted by Gasteiger charge is 2.14. The molecule has 0 aliphatic carbocycles. The molecule has 0 atom stereocenters. The highest BCUT2D eigenvalue weighted by molar-refractivity contribution is 5.99. The number of carbonyl (C=O) groups is 1. The molecule has 0 aliphatic heterocycles. The Kier molecular flexibility index (Phi) is 2.83. The number of benzene rings is 2. The normalized spacial score (nSPS) is 10.9. The van der Waals surface area contributed by atoms with Crippen LogP contribution in [0.25, 0.3) is 16.6 Å². The topological polar surface area (TPSA) is 48.0 Å². The molecule has 0 fully saturated rings. The van der Waals surface area contributed by atoms with Gasteiger partial charge in [0.1, 0.15) is 5.69 Å². The van der Waals surface area contributed by atoms with E-state index in [2.05, 4.69) is 18.2 Å². The summed E-state index contributed by atoms with van der Waals surface area (Å²) in [5.41, 5.74) is 10.3. The zero-order chi connectivity index (χ0) is 14.3. The van der Waals surface area contributed by atoms with Crippen LogP contribution in [0.1, 0.15) is 21.6 Å². The average molecular weight is 264 g/mol. The number of aryl methyl sites for hydroxylation is 2. The van der Waals surface area contributed by atoms with Crippen molar-refractivity contribution in [1.29, 1.82) is 0 Å². The highest BCUT2D eigenvalue weighted by Crippen LogP contribution is 2.25. The van der Waals surface area contributed by atoms with E-state index in [0.29, 0.717) is 5.69 Å². The second kappa shape index (κ2) is 4.53. The van der Waals surface area contributed by atoms with E-state index in [-0.39, 0.29) is 0 Å². The highest BCUT2D eigenvalue weighted by atomic mass is 16.1. The second-order valence-corrected chi connectivity index (χ2v) is 5.13. The molecule has 1 amide bonds. The van der Waals surface area contributed by atoms with Crippen molar-refractivity contribution in [2.24, 2.45) is 5.73 Å². The van der Waals surface area contributed by atoms with Crippen molar-refractivity contribution in [2.45, 2.75) is 13.8 Å². The Morgan fingerprint density at radius 3 is 2.30 bits per heavy atom. The minimum absolute atomic E-state index is 0.416. The Morgan fingerprint density at radius 1 is 1.00 bits per heavy atom. The number of fused-ring (bicyclic) bond motifs is 1. The number of hydrogen-bond donors (Lipinski definition) is 1. The zero-order valence-corrected chi connectivity index (χ0v) is 11.6. The summed E-state index contributed by atoms with van der Waals surface area (Å²) in [7, 11) is 0. The van der Waals surface area contributed by atoms with Gasteiger partial charge in [0.25, 0.3) is 5.91 Å². The number of amides is 1. The molecule has 0 aliphatic rings. The van der Waals surface area contributed by atoms with Crippen LogP contribution in [0.2, 0.25) is 0 Å². The van der Waals surface area contributed by atoms with Crippen LogP contribution in [0.3, 0.4) is 0 Å². The predicted molar refractivity (Wildman–Crippen MR) is 81.3 cm³/mol. The number of carbonyl (C=O) groups excluding carboxylic acids is 1. The Labute approximate surface area is 117 Å². The largest absolute Gasteiger partial charge is 0.364 e. The molecule has 0 unspecified atom stereocenters. The maximum Gasteiger partial charge on any atom is 0.265 e. The van der Waals surface area contributed by atoms with Gasteiger partial charge in [-0.25, -0.2) is 0 Å². The lowest BCUT2D eigenvalue weighted by Crippen LogP contribution is -2.16. The third-order valence-corrected chi connectivity index (χ3v) is 3.43. The molecule has 2 aromatic carbocycles. The van der Waals surface area contributed by atoms with Crippen LogP contribution in [-0.4, -0.2) is 10.5 Å². The van der Waals surface area contributed by atoms with Crippen molar-refractivity contribution in [3.63, 3.8) is 0 Å². The Bertz CT molecular complexity index is 795. The smallest absolute Gasteiger partial charge is 0.265 e. The van der Waals surface area contributed by atoms with Crippen LogP contribution in [0.5, 0.6) is 0 Å². The quantitative estimate of drug-likeness (QED) is 0.758. The zero-order valence-electron chi connectivity index (χ0n) is 11.6. The van der Waals surface area contributed by atoms with E-state index in [1.165, 1.54) is 0 Å². The van der Waals surface area contributed by atoms with E-state index in [1.807, 2.05) is 48.7 Å². The first-order chi connectivity index (χ1) is 9.56. The first-order valence-corrected chi connectivity index (χ1v) is 6.55. The summed E-state index contributed by atoms with van der Waals surface area (Å²) in [6.45, 7) is 4.10. The summed E-state index contributed by atoms with van der Waals surface area (Å²) in [6, 6.07) is 16.0. The van der Waals surface area contributed by atoms with Gasteiger partial charge in [-0.2, -0.15) is 0 Å². The molecular formula is C17H16N2O. The van der Waals surface area contributed by atoms with Crippen LogP contribution in [0, 0.1) is 13.8 Å². The molecule has 0 bridgehead atoms. The summed E-state index contributed by atoms with van der Waals surface area (Å²) < 4.78 is 1.93. The first-order valence-electron chi connectivity index (χ1n) is 6.55.